The van der Waals surface area contributed by atoms with E-state index in [4.69, 9.17) is 20.8 Å². The summed E-state index contributed by atoms with van der Waals surface area (Å²) in [4.78, 5) is 4.44. The quantitative estimate of drug-likeness (QED) is 0.444. The summed E-state index contributed by atoms with van der Waals surface area (Å²) in [6.45, 7) is 3.90. The third-order valence-electron chi connectivity index (χ3n) is 2.99. The summed E-state index contributed by atoms with van der Waals surface area (Å²) in [6, 6.07) is 9.00. The Labute approximate surface area is 128 Å². The molecule has 2 aromatic rings. The van der Waals surface area contributed by atoms with Gasteiger partial charge in [0.2, 0.25) is 11.6 Å². The predicted molar refractivity (Wildman–Crippen MR) is 84.6 cm³/mol. The first-order valence-corrected chi connectivity index (χ1v) is 6.70. The lowest BCUT2D eigenvalue weighted by atomic mass is 10.2. The van der Waals surface area contributed by atoms with Crippen LogP contribution in [0.3, 0.4) is 0 Å². The smallest absolute Gasteiger partial charge is 0.226 e. The molecule has 0 saturated heterocycles. The number of hydrogen-bond acceptors (Lipinski definition) is 6. The van der Waals surface area contributed by atoms with E-state index in [9.17, 15) is 0 Å². The minimum Gasteiger partial charge on any atom is -0.441 e. The second-order valence-electron chi connectivity index (χ2n) is 4.55. The molecule has 2 rings (SSSR count). The van der Waals surface area contributed by atoms with Gasteiger partial charge in [0.05, 0.1) is 11.4 Å². The predicted octanol–water partition coefficient (Wildman–Crippen LogP) is 2.44. The van der Waals surface area contributed by atoms with Crippen LogP contribution in [0.25, 0.3) is 11.5 Å². The molecule has 0 aliphatic heterocycles. The highest BCUT2D eigenvalue weighted by Crippen LogP contribution is 2.24. The summed E-state index contributed by atoms with van der Waals surface area (Å²) < 4.78 is 5.65. The zero-order chi connectivity index (χ0) is 16.1. The number of nitrogens with two attached hydrogens (primary N) is 1. The molecule has 22 heavy (non-hydrogen) atoms. The van der Waals surface area contributed by atoms with Gasteiger partial charge in [0.15, 0.2) is 5.84 Å². The van der Waals surface area contributed by atoms with E-state index in [0.717, 1.165) is 23.4 Å². The molecule has 0 spiro atoms. The molecule has 0 aliphatic carbocycles. The molecule has 1 heterocycles. The molecule has 112 valence electrons. The van der Waals surface area contributed by atoms with Crippen LogP contribution in [0, 0.1) is 23.7 Å². The largest absolute Gasteiger partial charge is 0.441 e. The van der Waals surface area contributed by atoms with Crippen molar-refractivity contribution in [1.29, 1.82) is 10.7 Å². The van der Waals surface area contributed by atoms with E-state index in [1.54, 1.807) is 18.2 Å². The first kappa shape index (κ1) is 15.3. The molecule has 0 atom stereocenters. The van der Waals surface area contributed by atoms with Gasteiger partial charge in [-0.05, 0) is 31.5 Å². The number of nitrogens with zero attached hydrogens (tertiary/aromatic N) is 3. The first-order valence-electron chi connectivity index (χ1n) is 6.70. The SMILES string of the molecule is CCc1nc(-c2cccc(N/N=C(\C#N)C(=N)N)c2)oc1C. The Hall–Kier alpha value is -3.14. The van der Waals surface area contributed by atoms with Crippen LogP contribution in [0.4, 0.5) is 5.69 Å². The number of aryl methyl sites for hydroxylation is 2. The number of amidine groups is 1. The number of benzene rings is 1. The number of anilines is 1. The van der Waals surface area contributed by atoms with Crippen molar-refractivity contribution in [3.05, 3.63) is 35.7 Å². The molecule has 0 bridgehead atoms. The molecule has 0 radical (unpaired) electrons. The minimum absolute atomic E-state index is 0.175. The number of aromatic nitrogens is 1. The molecule has 1 aromatic carbocycles. The number of oxazole rings is 1. The highest BCUT2D eigenvalue weighted by molar-refractivity contribution is 6.45. The lowest BCUT2D eigenvalue weighted by Gasteiger charge is -2.02. The Morgan fingerprint density at radius 3 is 2.91 bits per heavy atom. The van der Waals surface area contributed by atoms with Crippen LogP contribution in [0.2, 0.25) is 0 Å². The fraction of sp³-hybridized carbons (Fsp3) is 0.200. The van der Waals surface area contributed by atoms with Crippen molar-refractivity contribution in [2.24, 2.45) is 10.8 Å². The maximum atomic E-state index is 8.80. The summed E-state index contributed by atoms with van der Waals surface area (Å²) in [5.41, 5.74) is 10.1. The third-order valence-corrected chi connectivity index (χ3v) is 2.99. The fourth-order valence-corrected chi connectivity index (χ4v) is 1.87. The fourth-order valence-electron chi connectivity index (χ4n) is 1.87. The van der Waals surface area contributed by atoms with Crippen LogP contribution in [-0.2, 0) is 6.42 Å². The normalized spacial score (nSPS) is 11.0. The van der Waals surface area contributed by atoms with Crippen molar-refractivity contribution in [1.82, 2.24) is 4.98 Å². The van der Waals surface area contributed by atoms with E-state index in [-0.39, 0.29) is 11.5 Å². The topological polar surface area (TPSA) is 124 Å². The molecule has 0 aliphatic rings. The molecule has 0 unspecified atom stereocenters. The van der Waals surface area contributed by atoms with Crippen molar-refractivity contribution in [3.8, 4) is 17.5 Å². The molecule has 7 nitrogen and oxygen atoms in total. The minimum atomic E-state index is -0.387. The number of nitrogens with one attached hydrogen (secondary N) is 2. The summed E-state index contributed by atoms with van der Waals surface area (Å²) in [5, 5.41) is 19.8. The monoisotopic (exact) mass is 296 g/mol. The zero-order valence-corrected chi connectivity index (χ0v) is 12.3. The summed E-state index contributed by atoms with van der Waals surface area (Å²) in [6.07, 6.45) is 0.807. The number of nitriles is 1. The molecule has 0 saturated carbocycles. The lowest BCUT2D eigenvalue weighted by molar-refractivity contribution is 0.540. The molecular formula is C15H16N6O. The van der Waals surface area contributed by atoms with Gasteiger partial charge in [-0.3, -0.25) is 10.8 Å². The van der Waals surface area contributed by atoms with Crippen LogP contribution in [-0.4, -0.2) is 16.5 Å². The Morgan fingerprint density at radius 1 is 1.55 bits per heavy atom. The standard InChI is InChI=1S/C15H16N6O/c1-3-12-9(2)22-15(19-12)10-5-4-6-11(7-10)20-21-13(8-16)14(17)18/h4-7,20H,3H2,1-2H3,(H3,17,18)/b21-13+. The van der Waals surface area contributed by atoms with Gasteiger partial charge in [-0.2, -0.15) is 10.4 Å². The van der Waals surface area contributed by atoms with Gasteiger partial charge in [0.25, 0.3) is 0 Å². The average Bonchev–Trinajstić information content (AvgIpc) is 2.89. The van der Waals surface area contributed by atoms with Gasteiger partial charge in [0, 0.05) is 5.56 Å². The Balaban J connectivity index is 2.27. The van der Waals surface area contributed by atoms with Crippen molar-refractivity contribution >= 4 is 17.2 Å². The molecule has 7 heteroatoms. The summed E-state index contributed by atoms with van der Waals surface area (Å²) >= 11 is 0. The second-order valence-corrected chi connectivity index (χ2v) is 4.55. The molecular weight excluding hydrogens is 280 g/mol. The van der Waals surface area contributed by atoms with Crippen molar-refractivity contribution < 1.29 is 4.42 Å². The lowest BCUT2D eigenvalue weighted by Crippen LogP contribution is -2.21. The van der Waals surface area contributed by atoms with Gasteiger partial charge in [-0.1, -0.05) is 13.0 Å². The third kappa shape index (κ3) is 3.30. The van der Waals surface area contributed by atoms with Crippen molar-refractivity contribution in [3.63, 3.8) is 0 Å². The van der Waals surface area contributed by atoms with E-state index < -0.39 is 0 Å². The average molecular weight is 296 g/mol. The van der Waals surface area contributed by atoms with E-state index >= 15 is 0 Å². The Morgan fingerprint density at radius 2 is 2.32 bits per heavy atom. The maximum Gasteiger partial charge on any atom is 0.226 e. The van der Waals surface area contributed by atoms with E-state index in [1.807, 2.05) is 26.0 Å². The van der Waals surface area contributed by atoms with Crippen molar-refractivity contribution in [2.45, 2.75) is 20.3 Å². The van der Waals surface area contributed by atoms with Crippen molar-refractivity contribution in [2.75, 3.05) is 5.43 Å². The molecule has 1 aromatic heterocycles. The molecule has 4 N–H and O–H groups in total. The maximum absolute atomic E-state index is 8.80. The second kappa shape index (κ2) is 6.54. The van der Waals surface area contributed by atoms with Crippen LogP contribution in [0.5, 0.6) is 0 Å². The van der Waals surface area contributed by atoms with E-state index in [2.05, 4.69) is 15.5 Å². The van der Waals surface area contributed by atoms with Gasteiger partial charge >= 0.3 is 0 Å². The Kier molecular flexibility index (Phi) is 4.53. The van der Waals surface area contributed by atoms with Crippen LogP contribution >= 0.6 is 0 Å². The number of hydrogen-bond donors (Lipinski definition) is 3. The Bertz CT molecular complexity index is 769. The van der Waals surface area contributed by atoms with Gasteiger partial charge in [-0.15, -0.1) is 0 Å². The van der Waals surface area contributed by atoms with Gasteiger partial charge in [0.1, 0.15) is 11.8 Å². The number of rotatable bonds is 5. The van der Waals surface area contributed by atoms with Gasteiger partial charge < -0.3 is 10.2 Å². The summed E-state index contributed by atoms with van der Waals surface area (Å²) in [5.74, 6) is 0.952. The highest BCUT2D eigenvalue weighted by Gasteiger charge is 2.10. The van der Waals surface area contributed by atoms with Crippen LogP contribution in [0.1, 0.15) is 18.4 Å². The van der Waals surface area contributed by atoms with E-state index in [0.29, 0.717) is 11.6 Å². The van der Waals surface area contributed by atoms with Gasteiger partial charge in [-0.25, -0.2) is 4.98 Å². The zero-order valence-electron chi connectivity index (χ0n) is 12.3. The van der Waals surface area contributed by atoms with Crippen LogP contribution in [0.15, 0.2) is 33.8 Å². The first-order chi connectivity index (χ1) is 10.5. The van der Waals surface area contributed by atoms with Crippen LogP contribution < -0.4 is 11.2 Å². The summed E-state index contributed by atoms with van der Waals surface area (Å²) in [7, 11) is 0. The molecule has 0 fully saturated rings. The highest BCUT2D eigenvalue weighted by atomic mass is 16.4. The number of hydrazone groups is 1. The van der Waals surface area contributed by atoms with E-state index in [1.165, 1.54) is 0 Å². The molecule has 0 amide bonds.